The number of thioether (sulfide) groups is 2. The van der Waals surface area contributed by atoms with E-state index in [1.807, 2.05) is 0 Å². The largest absolute Gasteiger partial charge is 0.357 e. The number of rotatable bonds is 4. The predicted octanol–water partition coefficient (Wildman–Crippen LogP) is 3.88. The Morgan fingerprint density at radius 3 is 2.83 bits per heavy atom. The van der Waals surface area contributed by atoms with E-state index in [0.717, 1.165) is 19.2 Å². The normalized spacial score (nSPS) is 25.8. The molecule has 1 N–H and O–H groups in total. The average Bonchev–Trinajstić information content (AvgIpc) is 3.07. The van der Waals surface area contributed by atoms with E-state index < -0.39 is 10.1 Å². The first-order valence-corrected chi connectivity index (χ1v) is 14.0. The second-order valence-corrected chi connectivity index (χ2v) is 12.6. The number of H-pyrrole nitrogens is 1. The summed E-state index contributed by atoms with van der Waals surface area (Å²) >= 11 is 4.12. The highest BCUT2D eigenvalue weighted by Gasteiger charge is 2.36. The molecular weight excluding hydrogens is 424 g/mol. The van der Waals surface area contributed by atoms with Gasteiger partial charge in [-0.15, -0.1) is 23.5 Å². The van der Waals surface area contributed by atoms with E-state index in [1.54, 1.807) is 0 Å². The molecule has 1 fully saturated rings. The van der Waals surface area contributed by atoms with Crippen molar-refractivity contribution in [1.29, 1.82) is 0 Å². The van der Waals surface area contributed by atoms with Gasteiger partial charge in [-0.25, -0.2) is 0 Å². The highest BCUT2D eigenvalue weighted by atomic mass is 32.2. The van der Waals surface area contributed by atoms with Crippen LogP contribution in [0.5, 0.6) is 0 Å². The Balaban J connectivity index is 1.57. The van der Waals surface area contributed by atoms with Crippen LogP contribution in [0.25, 0.3) is 16.5 Å². The van der Waals surface area contributed by atoms with Gasteiger partial charge in [-0.05, 0) is 54.2 Å². The lowest BCUT2D eigenvalue weighted by atomic mass is 9.79. The monoisotopic (exact) mass is 450 g/mol. The zero-order valence-corrected chi connectivity index (χ0v) is 19.1. The van der Waals surface area contributed by atoms with Crippen LogP contribution in [0.3, 0.4) is 0 Å². The van der Waals surface area contributed by atoms with Crippen molar-refractivity contribution in [2.45, 2.75) is 23.5 Å². The molecule has 8 heteroatoms. The third-order valence-electron chi connectivity index (χ3n) is 6.06. The molecule has 1 aliphatic carbocycles. The summed E-state index contributed by atoms with van der Waals surface area (Å²) in [6.45, 7) is 1.01. The zero-order valence-electron chi connectivity index (χ0n) is 16.7. The molecule has 2 atom stereocenters. The number of nitrogens with one attached hydrogen (secondary N) is 1. The van der Waals surface area contributed by atoms with E-state index in [0.29, 0.717) is 10.6 Å². The zero-order chi connectivity index (χ0) is 20.2. The Labute approximate surface area is 180 Å². The lowest BCUT2D eigenvalue weighted by Crippen LogP contribution is -2.43. The van der Waals surface area contributed by atoms with Gasteiger partial charge in [0.25, 0.3) is 10.1 Å². The van der Waals surface area contributed by atoms with Crippen LogP contribution in [-0.2, 0) is 20.7 Å². The fourth-order valence-corrected chi connectivity index (χ4v) is 8.19. The van der Waals surface area contributed by atoms with Gasteiger partial charge in [0.05, 0.1) is 17.4 Å². The lowest BCUT2D eigenvalue weighted by Gasteiger charge is -2.40. The number of nitrogens with zero attached hydrogens (tertiary/aromatic N) is 1. The van der Waals surface area contributed by atoms with E-state index in [1.165, 1.54) is 51.2 Å². The molecule has 3 aliphatic rings. The highest BCUT2D eigenvalue weighted by Crippen LogP contribution is 2.49. The average molecular weight is 451 g/mol. The number of aromatic amines is 1. The summed E-state index contributed by atoms with van der Waals surface area (Å²) in [6.07, 6.45) is 5.67. The van der Waals surface area contributed by atoms with Crippen molar-refractivity contribution in [1.82, 2.24) is 9.88 Å². The van der Waals surface area contributed by atoms with Gasteiger partial charge < -0.3 is 4.98 Å². The van der Waals surface area contributed by atoms with Crippen molar-refractivity contribution >= 4 is 50.1 Å². The molecule has 2 aliphatic heterocycles. The Kier molecular flexibility index (Phi) is 5.27. The maximum atomic E-state index is 11.4. The Bertz CT molecular complexity index is 1070. The first-order chi connectivity index (χ1) is 13.9. The maximum absolute atomic E-state index is 11.4. The summed E-state index contributed by atoms with van der Waals surface area (Å²) in [5, 5.41) is 1.36. The van der Waals surface area contributed by atoms with E-state index in [2.05, 4.69) is 64.7 Å². The molecule has 0 saturated carbocycles. The molecule has 0 amide bonds. The van der Waals surface area contributed by atoms with Gasteiger partial charge in [0.15, 0.2) is 0 Å². The molecule has 1 aromatic heterocycles. The third kappa shape index (κ3) is 3.78. The van der Waals surface area contributed by atoms with E-state index in [4.69, 9.17) is 4.18 Å². The van der Waals surface area contributed by atoms with Crippen molar-refractivity contribution in [2.75, 3.05) is 38.0 Å². The van der Waals surface area contributed by atoms with Gasteiger partial charge in [0.1, 0.15) is 0 Å². The highest BCUT2D eigenvalue weighted by molar-refractivity contribution is 8.16. The van der Waals surface area contributed by atoms with Crippen LogP contribution < -0.4 is 0 Å². The third-order valence-corrected chi connectivity index (χ3v) is 9.56. The van der Waals surface area contributed by atoms with Gasteiger partial charge in [-0.1, -0.05) is 18.2 Å². The first kappa shape index (κ1) is 20.0. The summed E-state index contributed by atoms with van der Waals surface area (Å²) in [6, 6.07) is 6.86. The van der Waals surface area contributed by atoms with Crippen LogP contribution >= 0.6 is 23.5 Å². The van der Waals surface area contributed by atoms with Gasteiger partial charge in [-0.2, -0.15) is 8.42 Å². The lowest BCUT2D eigenvalue weighted by molar-refractivity contribution is 0.197. The molecule has 2 aromatic rings. The maximum Gasteiger partial charge on any atom is 0.264 e. The van der Waals surface area contributed by atoms with E-state index in [-0.39, 0.29) is 12.5 Å². The molecule has 1 saturated heterocycles. The minimum Gasteiger partial charge on any atom is -0.357 e. The molecule has 29 heavy (non-hydrogen) atoms. The van der Waals surface area contributed by atoms with Crippen molar-refractivity contribution in [3.8, 4) is 0 Å². The molecule has 156 valence electrons. The Hall–Kier alpha value is -0.930. The fraction of sp³-hybridized carbons (Fsp3) is 0.524. The SMILES string of the molecule is CN1C[C@H](COS(C)(=O)=O)C=C2c3cccc4[nH]c(C5SCCCS5)c(c34)C[C@H]21. The van der Waals surface area contributed by atoms with Crippen LogP contribution in [0.2, 0.25) is 0 Å². The number of likely N-dealkylation sites (N-methyl/N-ethyl adjacent to an activating group) is 1. The number of aromatic nitrogens is 1. The van der Waals surface area contributed by atoms with Crippen LogP contribution in [-0.4, -0.2) is 62.3 Å². The molecule has 5 nitrogen and oxygen atoms in total. The minimum atomic E-state index is -3.43. The second kappa shape index (κ2) is 7.64. The summed E-state index contributed by atoms with van der Waals surface area (Å²) < 4.78 is 28.5. The number of hydrogen-bond donors (Lipinski definition) is 1. The van der Waals surface area contributed by atoms with Gasteiger partial charge >= 0.3 is 0 Å². The summed E-state index contributed by atoms with van der Waals surface area (Å²) in [5.74, 6) is 2.53. The van der Waals surface area contributed by atoms with Crippen LogP contribution in [0.15, 0.2) is 24.3 Å². The number of fused-ring (bicyclic) bond motifs is 2. The molecule has 0 unspecified atom stereocenters. The first-order valence-electron chi connectivity index (χ1n) is 10.0. The Morgan fingerprint density at radius 1 is 1.28 bits per heavy atom. The standard InChI is InChI=1S/C21H26N2O3S3/c1-23-11-13(12-26-29(2,24)25)9-15-14-5-3-6-17-19(14)16(10-18(15)23)20(22-17)21-27-7-4-8-28-21/h3,5-6,9,13,18,21-22H,4,7-8,10-12H2,1-2H3/t13-,18-/m1/s1. The number of benzene rings is 1. The molecule has 3 heterocycles. The van der Waals surface area contributed by atoms with Crippen molar-refractivity contribution < 1.29 is 12.6 Å². The molecule has 0 bridgehead atoms. The molecule has 0 spiro atoms. The Morgan fingerprint density at radius 2 is 2.07 bits per heavy atom. The molecule has 5 rings (SSSR count). The molecule has 0 radical (unpaired) electrons. The minimum absolute atomic E-state index is 0.0700. The van der Waals surface area contributed by atoms with Crippen molar-refractivity contribution in [3.63, 3.8) is 0 Å². The van der Waals surface area contributed by atoms with Crippen LogP contribution in [0, 0.1) is 5.92 Å². The van der Waals surface area contributed by atoms with E-state index in [9.17, 15) is 8.42 Å². The summed E-state index contributed by atoms with van der Waals surface area (Å²) in [4.78, 5) is 6.12. The topological polar surface area (TPSA) is 62.4 Å². The van der Waals surface area contributed by atoms with Gasteiger partial charge in [-0.3, -0.25) is 9.08 Å². The predicted molar refractivity (Wildman–Crippen MR) is 123 cm³/mol. The smallest absolute Gasteiger partial charge is 0.264 e. The summed E-state index contributed by atoms with van der Waals surface area (Å²) in [5.41, 5.74) is 6.70. The quantitative estimate of drug-likeness (QED) is 0.714. The van der Waals surface area contributed by atoms with Gasteiger partial charge in [0, 0.05) is 35.1 Å². The number of hydrogen-bond acceptors (Lipinski definition) is 6. The summed E-state index contributed by atoms with van der Waals surface area (Å²) in [7, 11) is -1.28. The van der Waals surface area contributed by atoms with Crippen molar-refractivity contribution in [2.24, 2.45) is 5.92 Å². The second-order valence-electron chi connectivity index (χ2n) is 8.20. The van der Waals surface area contributed by atoms with Crippen LogP contribution in [0.4, 0.5) is 0 Å². The van der Waals surface area contributed by atoms with E-state index >= 15 is 0 Å². The van der Waals surface area contributed by atoms with Crippen molar-refractivity contribution in [3.05, 3.63) is 41.1 Å². The molecule has 1 aromatic carbocycles. The van der Waals surface area contributed by atoms with Crippen LogP contribution in [0.1, 0.15) is 27.8 Å². The fourth-order valence-electron chi connectivity index (χ4n) is 4.84. The molecular formula is C21H26N2O3S3. The van der Waals surface area contributed by atoms with Gasteiger partial charge in [0.2, 0.25) is 0 Å².